The van der Waals surface area contributed by atoms with Gasteiger partial charge in [0, 0.05) is 13.1 Å². The third-order valence-electron chi connectivity index (χ3n) is 2.55. The van der Waals surface area contributed by atoms with Gasteiger partial charge in [0.15, 0.2) is 11.6 Å². The molecule has 16 heavy (non-hydrogen) atoms. The van der Waals surface area contributed by atoms with E-state index >= 15 is 0 Å². The van der Waals surface area contributed by atoms with Gasteiger partial charge in [0.1, 0.15) is 0 Å². The van der Waals surface area contributed by atoms with Crippen molar-refractivity contribution in [3.63, 3.8) is 0 Å². The molecular weight excluding hydrogens is 207 g/mol. The van der Waals surface area contributed by atoms with Crippen LogP contribution in [0, 0.1) is 11.7 Å². The smallest absolute Gasteiger partial charge is 0.222 e. The number of hydrogen-bond acceptors (Lipinski definition) is 4. The Hall–Kier alpha value is -1.39. The monoisotopic (exact) mass is 226 g/mol. The van der Waals surface area contributed by atoms with Gasteiger partial charge < -0.3 is 10.6 Å². The lowest BCUT2D eigenvalue weighted by Crippen LogP contribution is -2.31. The molecule has 0 spiro atoms. The third kappa shape index (κ3) is 3.05. The number of hydrogen-bond donors (Lipinski definition) is 1. The van der Waals surface area contributed by atoms with E-state index in [-0.39, 0.29) is 17.8 Å². The number of halogens is 1. The summed E-state index contributed by atoms with van der Waals surface area (Å²) >= 11 is 0. The molecule has 1 atom stereocenters. The van der Waals surface area contributed by atoms with E-state index in [9.17, 15) is 4.39 Å². The van der Waals surface area contributed by atoms with Gasteiger partial charge in [0.05, 0.1) is 6.20 Å². The van der Waals surface area contributed by atoms with Crippen molar-refractivity contribution in [2.75, 3.05) is 17.7 Å². The van der Waals surface area contributed by atoms with E-state index in [1.165, 1.54) is 0 Å². The Morgan fingerprint density at radius 2 is 2.06 bits per heavy atom. The van der Waals surface area contributed by atoms with Gasteiger partial charge in [-0.05, 0) is 19.3 Å². The molecule has 1 aromatic heterocycles. The SMILES string of the molecule is CC(C)CC(C)N(C)c1nc(N)ncc1F. The first-order chi connectivity index (χ1) is 7.41. The first-order valence-corrected chi connectivity index (χ1v) is 5.42. The van der Waals surface area contributed by atoms with E-state index in [0.29, 0.717) is 5.92 Å². The fraction of sp³-hybridized carbons (Fsp3) is 0.636. The molecule has 1 unspecified atom stereocenters. The summed E-state index contributed by atoms with van der Waals surface area (Å²) < 4.78 is 13.5. The molecule has 0 saturated heterocycles. The summed E-state index contributed by atoms with van der Waals surface area (Å²) in [6, 6.07) is 0.212. The number of nitrogen functional groups attached to an aromatic ring is 1. The molecule has 0 aliphatic carbocycles. The molecule has 1 rings (SSSR count). The molecular formula is C11H19FN4. The van der Waals surface area contributed by atoms with Crippen LogP contribution in [-0.2, 0) is 0 Å². The highest BCUT2D eigenvalue weighted by molar-refractivity contribution is 5.42. The third-order valence-corrected chi connectivity index (χ3v) is 2.55. The molecule has 1 heterocycles. The summed E-state index contributed by atoms with van der Waals surface area (Å²) in [7, 11) is 1.82. The Balaban J connectivity index is 2.86. The van der Waals surface area contributed by atoms with Gasteiger partial charge in [-0.1, -0.05) is 13.8 Å². The highest BCUT2D eigenvalue weighted by atomic mass is 19.1. The molecule has 0 saturated carbocycles. The van der Waals surface area contributed by atoms with Gasteiger partial charge in [-0.2, -0.15) is 4.98 Å². The van der Waals surface area contributed by atoms with Crippen molar-refractivity contribution >= 4 is 11.8 Å². The van der Waals surface area contributed by atoms with Crippen LogP contribution < -0.4 is 10.6 Å². The maximum atomic E-state index is 13.5. The molecule has 0 bridgehead atoms. The summed E-state index contributed by atoms with van der Waals surface area (Å²) in [5.41, 5.74) is 5.45. The summed E-state index contributed by atoms with van der Waals surface area (Å²) in [6.45, 7) is 6.31. The number of anilines is 2. The average Bonchev–Trinajstić information content (AvgIpc) is 2.19. The Morgan fingerprint density at radius 3 is 2.62 bits per heavy atom. The second kappa shape index (κ2) is 5.09. The van der Waals surface area contributed by atoms with Crippen molar-refractivity contribution in [3.05, 3.63) is 12.0 Å². The highest BCUT2D eigenvalue weighted by Crippen LogP contribution is 2.20. The van der Waals surface area contributed by atoms with Crippen LogP contribution in [0.5, 0.6) is 0 Å². The zero-order valence-corrected chi connectivity index (χ0v) is 10.2. The number of nitrogens with zero attached hydrogens (tertiary/aromatic N) is 3. The fourth-order valence-electron chi connectivity index (χ4n) is 1.67. The predicted molar refractivity (Wildman–Crippen MR) is 63.7 cm³/mol. The molecule has 90 valence electrons. The quantitative estimate of drug-likeness (QED) is 0.854. The van der Waals surface area contributed by atoms with Crippen LogP contribution in [0.25, 0.3) is 0 Å². The Bertz CT molecular complexity index is 354. The summed E-state index contributed by atoms with van der Waals surface area (Å²) in [5.74, 6) is 0.479. The van der Waals surface area contributed by atoms with Crippen molar-refractivity contribution in [1.29, 1.82) is 0 Å². The molecule has 0 aliphatic heterocycles. The Morgan fingerprint density at radius 1 is 1.44 bits per heavy atom. The highest BCUT2D eigenvalue weighted by Gasteiger charge is 2.17. The van der Waals surface area contributed by atoms with Crippen LogP contribution in [0.15, 0.2) is 6.20 Å². The van der Waals surface area contributed by atoms with E-state index < -0.39 is 5.82 Å². The predicted octanol–water partition coefficient (Wildman–Crippen LogP) is 2.07. The normalized spacial score (nSPS) is 12.9. The minimum atomic E-state index is -0.438. The largest absolute Gasteiger partial charge is 0.368 e. The van der Waals surface area contributed by atoms with Crippen molar-refractivity contribution in [3.8, 4) is 0 Å². The van der Waals surface area contributed by atoms with Gasteiger partial charge in [0.2, 0.25) is 5.95 Å². The maximum Gasteiger partial charge on any atom is 0.222 e. The van der Waals surface area contributed by atoms with Crippen LogP contribution in [0.4, 0.5) is 16.2 Å². The lowest BCUT2D eigenvalue weighted by molar-refractivity contribution is 0.494. The first-order valence-electron chi connectivity index (χ1n) is 5.42. The van der Waals surface area contributed by atoms with E-state index in [2.05, 4.69) is 23.8 Å². The molecule has 4 nitrogen and oxygen atoms in total. The van der Waals surface area contributed by atoms with E-state index in [1.807, 2.05) is 14.0 Å². The second-order valence-electron chi connectivity index (χ2n) is 4.49. The van der Waals surface area contributed by atoms with Crippen LogP contribution in [0.3, 0.4) is 0 Å². The van der Waals surface area contributed by atoms with Gasteiger partial charge in [0.25, 0.3) is 0 Å². The molecule has 0 fully saturated rings. The minimum Gasteiger partial charge on any atom is -0.368 e. The van der Waals surface area contributed by atoms with Gasteiger partial charge in [-0.25, -0.2) is 9.37 Å². The molecule has 0 aromatic carbocycles. The number of nitrogens with two attached hydrogens (primary N) is 1. The minimum absolute atomic E-state index is 0.0972. The van der Waals surface area contributed by atoms with Crippen molar-refractivity contribution in [2.45, 2.75) is 33.2 Å². The van der Waals surface area contributed by atoms with Crippen LogP contribution in [0.1, 0.15) is 27.2 Å². The molecule has 0 aliphatic rings. The average molecular weight is 226 g/mol. The maximum absolute atomic E-state index is 13.5. The summed E-state index contributed by atoms with van der Waals surface area (Å²) in [5, 5.41) is 0. The van der Waals surface area contributed by atoms with Crippen molar-refractivity contribution in [1.82, 2.24) is 9.97 Å². The van der Waals surface area contributed by atoms with Gasteiger partial charge >= 0.3 is 0 Å². The number of rotatable bonds is 4. The van der Waals surface area contributed by atoms with Gasteiger partial charge in [-0.15, -0.1) is 0 Å². The van der Waals surface area contributed by atoms with Crippen LogP contribution >= 0.6 is 0 Å². The molecule has 2 N–H and O–H groups in total. The Labute approximate surface area is 95.7 Å². The van der Waals surface area contributed by atoms with Crippen molar-refractivity contribution in [2.24, 2.45) is 5.92 Å². The van der Waals surface area contributed by atoms with Gasteiger partial charge in [-0.3, -0.25) is 0 Å². The molecule has 0 amide bonds. The zero-order chi connectivity index (χ0) is 12.3. The standard InChI is InChI=1S/C11H19FN4/c1-7(2)5-8(3)16(4)10-9(12)6-14-11(13)15-10/h6-8H,5H2,1-4H3,(H2,13,14,15). The van der Waals surface area contributed by atoms with E-state index in [1.54, 1.807) is 4.90 Å². The van der Waals surface area contributed by atoms with Crippen LogP contribution in [0.2, 0.25) is 0 Å². The molecule has 1 aromatic rings. The topological polar surface area (TPSA) is 55.0 Å². The number of aromatic nitrogens is 2. The summed E-state index contributed by atoms with van der Waals surface area (Å²) in [4.78, 5) is 9.32. The lowest BCUT2D eigenvalue weighted by atomic mass is 10.0. The van der Waals surface area contributed by atoms with Crippen LogP contribution in [-0.4, -0.2) is 23.1 Å². The zero-order valence-electron chi connectivity index (χ0n) is 10.2. The van der Waals surface area contributed by atoms with Crippen molar-refractivity contribution < 1.29 is 4.39 Å². The summed E-state index contributed by atoms with van der Waals surface area (Å²) in [6.07, 6.45) is 2.08. The fourth-order valence-corrected chi connectivity index (χ4v) is 1.67. The Kier molecular flexibility index (Phi) is 4.04. The lowest BCUT2D eigenvalue weighted by Gasteiger charge is -2.27. The second-order valence-corrected chi connectivity index (χ2v) is 4.49. The molecule has 0 radical (unpaired) electrons. The van der Waals surface area contributed by atoms with E-state index in [0.717, 1.165) is 12.6 Å². The van der Waals surface area contributed by atoms with E-state index in [4.69, 9.17) is 5.73 Å². The molecule has 5 heteroatoms. The first kappa shape index (κ1) is 12.7.